The van der Waals surface area contributed by atoms with Gasteiger partial charge in [0.2, 0.25) is 9.70 Å². The number of anilines is 1. The first-order chi connectivity index (χ1) is 14.7. The van der Waals surface area contributed by atoms with Crippen LogP contribution in [0.5, 0.6) is 5.75 Å². The maximum atomic E-state index is 13.2. The molecule has 9 heteroatoms. The lowest BCUT2D eigenvalue weighted by atomic mass is 9.90. The first kappa shape index (κ1) is 25.0. The van der Waals surface area contributed by atoms with Gasteiger partial charge in [0.05, 0.1) is 5.92 Å². The van der Waals surface area contributed by atoms with E-state index in [1.807, 2.05) is 37.3 Å². The van der Waals surface area contributed by atoms with Gasteiger partial charge in [-0.15, -0.1) is 0 Å². The Hall–Kier alpha value is -2.25. The second kappa shape index (κ2) is 11.4. The molecule has 0 fully saturated rings. The predicted molar refractivity (Wildman–Crippen MR) is 133 cm³/mol. The van der Waals surface area contributed by atoms with Gasteiger partial charge in [0.15, 0.2) is 5.11 Å². The number of allylic oxidation sites excluding steroid dienone is 2. The quantitative estimate of drug-likeness (QED) is 0.178. The van der Waals surface area contributed by atoms with Crippen LogP contribution < -0.4 is 16.0 Å². The van der Waals surface area contributed by atoms with E-state index in [9.17, 15) is 9.90 Å². The van der Waals surface area contributed by atoms with Gasteiger partial charge in [0.1, 0.15) is 11.9 Å². The van der Waals surface area contributed by atoms with Crippen molar-refractivity contribution >= 4 is 63.7 Å². The zero-order valence-corrected chi connectivity index (χ0v) is 19.7. The number of amides is 1. The minimum absolute atomic E-state index is 0.0630. The summed E-state index contributed by atoms with van der Waals surface area (Å²) in [5.41, 5.74) is 1.99. The fourth-order valence-corrected chi connectivity index (χ4v) is 3.41. The minimum atomic E-state index is -1.91. The van der Waals surface area contributed by atoms with Gasteiger partial charge in [-0.25, -0.2) is 0 Å². The molecule has 0 saturated heterocycles. The van der Waals surface area contributed by atoms with Crippen LogP contribution in [0.3, 0.4) is 0 Å². The second-order valence-corrected chi connectivity index (χ2v) is 9.25. The molecule has 2 aromatic rings. The third-order valence-corrected chi connectivity index (χ3v) is 5.17. The van der Waals surface area contributed by atoms with E-state index in [0.29, 0.717) is 11.3 Å². The number of rotatable bonds is 7. The summed E-state index contributed by atoms with van der Waals surface area (Å²) in [5, 5.41) is 18.1. The van der Waals surface area contributed by atoms with Crippen LogP contribution in [0.15, 0.2) is 78.9 Å². The third kappa shape index (κ3) is 7.43. The van der Waals surface area contributed by atoms with E-state index in [4.69, 9.17) is 47.0 Å². The van der Waals surface area contributed by atoms with Crippen LogP contribution in [-0.2, 0) is 4.79 Å². The molecule has 0 spiro atoms. The number of hydrogen-bond acceptors (Lipinski definition) is 3. The fraction of sp³-hybridized carbons (Fsp3) is 0.182. The second-order valence-electron chi connectivity index (χ2n) is 6.47. The van der Waals surface area contributed by atoms with Crippen LogP contribution in [0.1, 0.15) is 18.4 Å². The van der Waals surface area contributed by atoms with Crippen molar-refractivity contribution in [2.45, 2.75) is 22.8 Å². The highest BCUT2D eigenvalue weighted by Crippen LogP contribution is 2.31. The molecular weight excluding hydrogens is 477 g/mol. The van der Waals surface area contributed by atoms with E-state index in [-0.39, 0.29) is 10.9 Å². The van der Waals surface area contributed by atoms with Crippen molar-refractivity contribution in [3.05, 3.63) is 84.5 Å². The highest BCUT2D eigenvalue weighted by atomic mass is 35.6. The number of benzene rings is 2. The Balaban J connectivity index is 2.22. The Morgan fingerprint density at radius 2 is 1.81 bits per heavy atom. The number of carbonyl (C=O) groups excluding carboxylic acids is 1. The van der Waals surface area contributed by atoms with Gasteiger partial charge in [-0.1, -0.05) is 89.9 Å². The van der Waals surface area contributed by atoms with E-state index < -0.39 is 21.8 Å². The number of phenolic OH excluding ortho intramolecular Hbond substituents is 1. The molecule has 31 heavy (non-hydrogen) atoms. The standard InChI is InChI=1S/C22H22Cl3N3O2S/c1-3-14(4-2)18(15-9-6-5-7-10-15)19(30)27-20(22(23,24)25)28-21(31)26-16-11-8-12-17(29)13-16/h3-13,18,20,29H,1H2,2H3,(H,27,30)(H2,26,28,31)/b14-4+. The van der Waals surface area contributed by atoms with Crippen molar-refractivity contribution < 1.29 is 9.90 Å². The Morgan fingerprint density at radius 1 is 1.13 bits per heavy atom. The summed E-state index contributed by atoms with van der Waals surface area (Å²) >= 11 is 23.6. The van der Waals surface area contributed by atoms with E-state index in [1.54, 1.807) is 24.3 Å². The molecule has 0 aliphatic carbocycles. The average molecular weight is 499 g/mol. The molecule has 4 N–H and O–H groups in total. The molecule has 2 aromatic carbocycles. The smallest absolute Gasteiger partial charge is 0.233 e. The van der Waals surface area contributed by atoms with Crippen molar-refractivity contribution in [3.63, 3.8) is 0 Å². The SMILES string of the molecule is C=C/C(=C\C)C(C(=O)NC(NC(=S)Nc1cccc(O)c1)C(Cl)(Cl)Cl)c1ccccc1. The first-order valence-corrected chi connectivity index (χ1v) is 10.8. The number of aromatic hydroxyl groups is 1. The van der Waals surface area contributed by atoms with Gasteiger partial charge in [-0.2, -0.15) is 0 Å². The topological polar surface area (TPSA) is 73.4 Å². The normalized spacial score (nSPS) is 13.6. The monoisotopic (exact) mass is 497 g/mol. The summed E-state index contributed by atoms with van der Waals surface area (Å²) in [6.07, 6.45) is 2.27. The number of carbonyl (C=O) groups is 1. The van der Waals surface area contributed by atoms with Gasteiger partial charge in [0, 0.05) is 11.8 Å². The number of halogens is 3. The van der Waals surface area contributed by atoms with Crippen LogP contribution in [0, 0.1) is 0 Å². The van der Waals surface area contributed by atoms with Crippen LogP contribution in [0.4, 0.5) is 5.69 Å². The van der Waals surface area contributed by atoms with Crippen molar-refractivity contribution in [2.24, 2.45) is 0 Å². The molecule has 2 unspecified atom stereocenters. The maximum Gasteiger partial charge on any atom is 0.233 e. The highest BCUT2D eigenvalue weighted by Gasteiger charge is 2.36. The summed E-state index contributed by atoms with van der Waals surface area (Å²) in [5.74, 6) is -0.996. The van der Waals surface area contributed by atoms with E-state index >= 15 is 0 Å². The molecule has 164 valence electrons. The molecule has 0 aliphatic heterocycles. The van der Waals surface area contributed by atoms with Crippen LogP contribution >= 0.6 is 47.0 Å². The molecule has 0 saturated carbocycles. The molecule has 0 aromatic heterocycles. The highest BCUT2D eigenvalue weighted by molar-refractivity contribution is 7.80. The van der Waals surface area contributed by atoms with Gasteiger partial charge < -0.3 is 21.1 Å². The molecule has 5 nitrogen and oxygen atoms in total. The number of phenols is 1. The predicted octanol–water partition coefficient (Wildman–Crippen LogP) is 5.41. The lowest BCUT2D eigenvalue weighted by molar-refractivity contribution is -0.122. The van der Waals surface area contributed by atoms with Gasteiger partial charge in [-0.3, -0.25) is 4.79 Å². The van der Waals surface area contributed by atoms with E-state index in [2.05, 4.69) is 22.5 Å². The Bertz CT molecular complexity index is 962. The Morgan fingerprint density at radius 3 is 2.35 bits per heavy atom. The van der Waals surface area contributed by atoms with Crippen molar-refractivity contribution in [1.29, 1.82) is 0 Å². The molecule has 1 amide bonds. The van der Waals surface area contributed by atoms with Crippen molar-refractivity contribution in [1.82, 2.24) is 10.6 Å². The summed E-state index contributed by atoms with van der Waals surface area (Å²) < 4.78 is -1.91. The number of hydrogen-bond donors (Lipinski definition) is 4. The molecule has 0 bridgehead atoms. The van der Waals surface area contributed by atoms with Gasteiger partial charge in [0.25, 0.3) is 0 Å². The van der Waals surface area contributed by atoms with Crippen LogP contribution in [0.2, 0.25) is 0 Å². The molecule has 0 heterocycles. The molecule has 0 aliphatic rings. The number of alkyl halides is 3. The summed E-state index contributed by atoms with van der Waals surface area (Å²) in [6, 6.07) is 15.6. The largest absolute Gasteiger partial charge is 0.508 e. The zero-order chi connectivity index (χ0) is 23.0. The maximum absolute atomic E-state index is 13.2. The molecular formula is C22H22Cl3N3O2S. The number of thiocarbonyl (C=S) groups is 1. The first-order valence-electron chi connectivity index (χ1n) is 9.23. The molecule has 0 radical (unpaired) electrons. The van der Waals surface area contributed by atoms with Crippen molar-refractivity contribution in [3.8, 4) is 5.75 Å². The number of nitrogens with one attached hydrogen (secondary N) is 3. The van der Waals surface area contributed by atoms with E-state index in [0.717, 1.165) is 5.56 Å². The van der Waals surface area contributed by atoms with Crippen LogP contribution in [-0.4, -0.2) is 26.1 Å². The van der Waals surface area contributed by atoms with Crippen LogP contribution in [0.25, 0.3) is 0 Å². The summed E-state index contributed by atoms with van der Waals surface area (Å²) in [6.45, 7) is 5.62. The summed E-state index contributed by atoms with van der Waals surface area (Å²) in [4.78, 5) is 13.2. The van der Waals surface area contributed by atoms with Gasteiger partial charge >= 0.3 is 0 Å². The lowest BCUT2D eigenvalue weighted by Gasteiger charge is -2.30. The average Bonchev–Trinajstić information content (AvgIpc) is 2.71. The fourth-order valence-electron chi connectivity index (χ4n) is 2.85. The third-order valence-electron chi connectivity index (χ3n) is 4.29. The Kier molecular flexibility index (Phi) is 9.19. The van der Waals surface area contributed by atoms with E-state index in [1.165, 1.54) is 12.1 Å². The zero-order valence-electron chi connectivity index (χ0n) is 16.6. The van der Waals surface area contributed by atoms with Crippen molar-refractivity contribution in [2.75, 3.05) is 5.32 Å². The Labute approximate surface area is 202 Å². The minimum Gasteiger partial charge on any atom is -0.508 e. The van der Waals surface area contributed by atoms with Gasteiger partial charge in [-0.05, 0) is 42.4 Å². The molecule has 2 atom stereocenters. The lowest BCUT2D eigenvalue weighted by Crippen LogP contribution is -2.57. The summed E-state index contributed by atoms with van der Waals surface area (Å²) in [7, 11) is 0. The molecule has 2 rings (SSSR count).